The highest BCUT2D eigenvalue weighted by molar-refractivity contribution is 5.20. The summed E-state index contributed by atoms with van der Waals surface area (Å²) in [5, 5.41) is 11.9. The Morgan fingerprint density at radius 2 is 2.27 bits per heavy atom. The van der Waals surface area contributed by atoms with Crippen LogP contribution in [0.5, 0.6) is 0 Å². The predicted octanol–water partition coefficient (Wildman–Crippen LogP) is 2.78. The molecule has 1 aromatic carbocycles. The molecule has 0 aliphatic carbocycles. The molecule has 0 radical (unpaired) electrons. The summed E-state index contributed by atoms with van der Waals surface area (Å²) in [7, 11) is 0. The molecule has 1 aromatic rings. The van der Waals surface area contributed by atoms with E-state index in [-0.39, 0.29) is 17.9 Å². The zero-order valence-corrected chi connectivity index (χ0v) is 9.00. The van der Waals surface area contributed by atoms with Crippen molar-refractivity contribution >= 4 is 0 Å². The van der Waals surface area contributed by atoms with Crippen molar-refractivity contribution in [2.75, 3.05) is 0 Å². The van der Waals surface area contributed by atoms with Crippen LogP contribution in [0.1, 0.15) is 31.9 Å². The monoisotopic (exact) mass is 206 g/mol. The summed E-state index contributed by atoms with van der Waals surface area (Å²) >= 11 is 0. The van der Waals surface area contributed by atoms with E-state index in [0.717, 1.165) is 12.0 Å². The third kappa shape index (κ3) is 3.34. The van der Waals surface area contributed by atoms with E-state index < -0.39 is 0 Å². The van der Waals surface area contributed by atoms with Crippen molar-refractivity contribution in [1.29, 1.82) is 5.26 Å². The quantitative estimate of drug-likeness (QED) is 0.822. The highest BCUT2D eigenvalue weighted by Crippen LogP contribution is 2.14. The Hall–Kier alpha value is -1.40. The molecule has 1 unspecified atom stereocenters. The second-order valence-corrected chi connectivity index (χ2v) is 3.53. The van der Waals surface area contributed by atoms with E-state index in [1.165, 1.54) is 12.1 Å². The average molecular weight is 206 g/mol. The third-order valence-corrected chi connectivity index (χ3v) is 2.36. The second kappa shape index (κ2) is 5.47. The first-order valence-electron chi connectivity index (χ1n) is 5.08. The summed E-state index contributed by atoms with van der Waals surface area (Å²) in [6.45, 7) is 3.87. The lowest BCUT2D eigenvalue weighted by Gasteiger charge is -2.17. The second-order valence-electron chi connectivity index (χ2n) is 3.53. The van der Waals surface area contributed by atoms with Gasteiger partial charge in [-0.1, -0.05) is 19.1 Å². The molecule has 15 heavy (non-hydrogen) atoms. The Bertz CT molecular complexity index is 357. The number of nitrogens with zero attached hydrogens (tertiary/aromatic N) is 1. The van der Waals surface area contributed by atoms with Crippen LogP contribution in [0.2, 0.25) is 0 Å². The fourth-order valence-corrected chi connectivity index (χ4v) is 1.42. The summed E-state index contributed by atoms with van der Waals surface area (Å²) in [6, 6.07) is 8.41. The van der Waals surface area contributed by atoms with Crippen molar-refractivity contribution in [3.63, 3.8) is 0 Å². The fourth-order valence-electron chi connectivity index (χ4n) is 1.42. The molecular weight excluding hydrogens is 191 g/mol. The molecular formula is C12H15FN2. The Morgan fingerprint density at radius 1 is 1.53 bits per heavy atom. The van der Waals surface area contributed by atoms with Crippen LogP contribution >= 0.6 is 0 Å². The molecule has 0 saturated carbocycles. The molecule has 0 fully saturated rings. The van der Waals surface area contributed by atoms with Crippen LogP contribution in [0.25, 0.3) is 0 Å². The van der Waals surface area contributed by atoms with E-state index in [0.29, 0.717) is 0 Å². The van der Waals surface area contributed by atoms with E-state index >= 15 is 0 Å². The van der Waals surface area contributed by atoms with Gasteiger partial charge in [-0.25, -0.2) is 4.39 Å². The normalized spacial score (nSPS) is 14.3. The van der Waals surface area contributed by atoms with Gasteiger partial charge in [0.25, 0.3) is 0 Å². The molecule has 0 saturated heterocycles. The predicted molar refractivity (Wildman–Crippen MR) is 57.6 cm³/mol. The lowest BCUT2D eigenvalue weighted by molar-refractivity contribution is 0.505. The number of hydrogen-bond donors (Lipinski definition) is 1. The molecule has 0 aliphatic heterocycles. The standard InChI is InChI=1S/C12H15FN2/c1-3-12(8-14)15-9(2)10-5-4-6-11(13)7-10/h4-7,9,12,15H,3H2,1-2H3/t9-,12?/m0/s1. The largest absolute Gasteiger partial charge is 0.295 e. The summed E-state index contributed by atoms with van der Waals surface area (Å²) in [4.78, 5) is 0. The van der Waals surface area contributed by atoms with Crippen LogP contribution in [0.3, 0.4) is 0 Å². The molecule has 0 spiro atoms. The molecule has 2 atom stereocenters. The summed E-state index contributed by atoms with van der Waals surface area (Å²) in [5.74, 6) is -0.244. The smallest absolute Gasteiger partial charge is 0.123 e. The molecule has 0 aliphatic rings. The van der Waals surface area contributed by atoms with E-state index in [9.17, 15) is 4.39 Å². The molecule has 2 nitrogen and oxygen atoms in total. The number of benzene rings is 1. The van der Waals surface area contributed by atoms with Crippen LogP contribution in [0, 0.1) is 17.1 Å². The van der Waals surface area contributed by atoms with Crippen LogP contribution in [0.4, 0.5) is 4.39 Å². The topological polar surface area (TPSA) is 35.8 Å². The van der Waals surface area contributed by atoms with Gasteiger partial charge in [0.2, 0.25) is 0 Å². The van der Waals surface area contributed by atoms with Gasteiger partial charge in [-0.2, -0.15) is 5.26 Å². The number of nitrogens with one attached hydrogen (secondary N) is 1. The van der Waals surface area contributed by atoms with Gasteiger partial charge >= 0.3 is 0 Å². The molecule has 0 amide bonds. The summed E-state index contributed by atoms with van der Waals surface area (Å²) < 4.78 is 12.9. The van der Waals surface area contributed by atoms with Gasteiger partial charge in [0, 0.05) is 6.04 Å². The van der Waals surface area contributed by atoms with Gasteiger partial charge < -0.3 is 0 Å². The van der Waals surface area contributed by atoms with Crippen molar-refractivity contribution in [2.45, 2.75) is 32.4 Å². The molecule has 3 heteroatoms. The molecule has 0 aromatic heterocycles. The molecule has 0 bridgehead atoms. The number of hydrogen-bond acceptors (Lipinski definition) is 2. The van der Waals surface area contributed by atoms with E-state index in [1.807, 2.05) is 19.9 Å². The number of nitriles is 1. The fraction of sp³-hybridized carbons (Fsp3) is 0.417. The Balaban J connectivity index is 2.69. The van der Waals surface area contributed by atoms with Crippen LogP contribution in [-0.4, -0.2) is 6.04 Å². The minimum absolute atomic E-state index is 0.00898. The molecule has 0 heterocycles. The third-order valence-electron chi connectivity index (χ3n) is 2.36. The molecule has 1 rings (SSSR count). The first-order chi connectivity index (χ1) is 7.17. The van der Waals surface area contributed by atoms with E-state index in [1.54, 1.807) is 6.07 Å². The van der Waals surface area contributed by atoms with Crippen molar-refractivity contribution in [1.82, 2.24) is 5.32 Å². The van der Waals surface area contributed by atoms with E-state index in [2.05, 4.69) is 11.4 Å². The first kappa shape index (κ1) is 11.7. The van der Waals surface area contributed by atoms with E-state index in [4.69, 9.17) is 5.26 Å². The highest BCUT2D eigenvalue weighted by atomic mass is 19.1. The number of rotatable bonds is 4. The average Bonchev–Trinajstić information content (AvgIpc) is 2.25. The summed E-state index contributed by atoms with van der Waals surface area (Å²) in [6.07, 6.45) is 0.746. The maximum atomic E-state index is 12.9. The molecule has 80 valence electrons. The van der Waals surface area contributed by atoms with Crippen LogP contribution in [-0.2, 0) is 0 Å². The maximum absolute atomic E-state index is 12.9. The van der Waals surface area contributed by atoms with Crippen molar-refractivity contribution in [3.8, 4) is 6.07 Å². The van der Waals surface area contributed by atoms with Gasteiger partial charge in [-0.15, -0.1) is 0 Å². The van der Waals surface area contributed by atoms with Gasteiger partial charge in [-0.3, -0.25) is 5.32 Å². The highest BCUT2D eigenvalue weighted by Gasteiger charge is 2.10. The van der Waals surface area contributed by atoms with Crippen molar-refractivity contribution in [2.24, 2.45) is 0 Å². The lowest BCUT2D eigenvalue weighted by atomic mass is 10.1. The van der Waals surface area contributed by atoms with Crippen molar-refractivity contribution in [3.05, 3.63) is 35.6 Å². The minimum Gasteiger partial charge on any atom is -0.295 e. The summed E-state index contributed by atoms with van der Waals surface area (Å²) in [5.41, 5.74) is 0.865. The van der Waals surface area contributed by atoms with Gasteiger partial charge in [0.15, 0.2) is 0 Å². The Morgan fingerprint density at radius 3 is 2.80 bits per heavy atom. The Labute approximate surface area is 89.7 Å². The zero-order valence-electron chi connectivity index (χ0n) is 9.00. The van der Waals surface area contributed by atoms with Gasteiger partial charge in [0.1, 0.15) is 5.82 Å². The first-order valence-corrected chi connectivity index (χ1v) is 5.08. The minimum atomic E-state index is -0.244. The Kier molecular flexibility index (Phi) is 4.26. The molecule has 1 N–H and O–H groups in total. The van der Waals surface area contributed by atoms with Gasteiger partial charge in [-0.05, 0) is 31.0 Å². The van der Waals surface area contributed by atoms with Crippen molar-refractivity contribution < 1.29 is 4.39 Å². The SMILES string of the molecule is CCC(C#N)N[C@@H](C)c1cccc(F)c1. The number of halogens is 1. The maximum Gasteiger partial charge on any atom is 0.123 e. The van der Waals surface area contributed by atoms with Crippen LogP contribution in [0.15, 0.2) is 24.3 Å². The zero-order chi connectivity index (χ0) is 11.3. The van der Waals surface area contributed by atoms with Crippen LogP contribution < -0.4 is 5.32 Å². The van der Waals surface area contributed by atoms with Gasteiger partial charge in [0.05, 0.1) is 12.1 Å². The lowest BCUT2D eigenvalue weighted by Crippen LogP contribution is -2.29.